The predicted molar refractivity (Wildman–Crippen MR) is 111 cm³/mol. The number of para-hydroxylation sites is 1. The molecule has 0 saturated carbocycles. The van der Waals surface area contributed by atoms with Crippen molar-refractivity contribution < 1.29 is 14.3 Å². The molecule has 7 nitrogen and oxygen atoms in total. The zero-order valence-electron chi connectivity index (χ0n) is 16.4. The molecular formula is C22H24N4O3. The first-order valence-electron chi connectivity index (χ1n) is 9.67. The minimum absolute atomic E-state index is 0.221. The Bertz CT molecular complexity index is 985. The molecule has 29 heavy (non-hydrogen) atoms. The van der Waals surface area contributed by atoms with E-state index in [4.69, 9.17) is 9.47 Å². The average Bonchev–Trinajstić information content (AvgIpc) is 3.14. The third-order valence-corrected chi connectivity index (χ3v) is 4.86. The van der Waals surface area contributed by atoms with E-state index in [0.717, 1.165) is 30.0 Å². The Morgan fingerprint density at radius 2 is 2.00 bits per heavy atom. The number of fused-ring (bicyclic) bond motifs is 1. The van der Waals surface area contributed by atoms with Crippen LogP contribution < -0.4 is 20.1 Å². The molecule has 0 spiro atoms. The highest BCUT2D eigenvalue weighted by Crippen LogP contribution is 2.22. The van der Waals surface area contributed by atoms with Gasteiger partial charge in [-0.05, 0) is 24.3 Å². The topological polar surface area (TPSA) is 77.4 Å². The molecule has 0 atom stereocenters. The second kappa shape index (κ2) is 8.79. The van der Waals surface area contributed by atoms with Gasteiger partial charge in [-0.15, -0.1) is 0 Å². The van der Waals surface area contributed by atoms with Crippen LogP contribution >= 0.6 is 0 Å². The number of amides is 1. The number of nitrogens with zero attached hydrogens (tertiary/aromatic N) is 2. The van der Waals surface area contributed by atoms with Gasteiger partial charge in [0.25, 0.3) is 5.91 Å². The van der Waals surface area contributed by atoms with Crippen molar-refractivity contribution in [1.82, 2.24) is 15.1 Å². The zero-order chi connectivity index (χ0) is 20.1. The Kier molecular flexibility index (Phi) is 5.76. The molecule has 1 amide bonds. The highest BCUT2D eigenvalue weighted by Gasteiger charge is 2.25. The molecule has 0 fully saturated rings. The van der Waals surface area contributed by atoms with E-state index < -0.39 is 0 Å². The fourth-order valence-corrected chi connectivity index (χ4v) is 3.44. The van der Waals surface area contributed by atoms with Crippen molar-refractivity contribution >= 4 is 11.6 Å². The van der Waals surface area contributed by atoms with Gasteiger partial charge in [0.2, 0.25) is 0 Å². The van der Waals surface area contributed by atoms with Crippen LogP contribution in [0.5, 0.6) is 11.5 Å². The molecule has 0 bridgehead atoms. The van der Waals surface area contributed by atoms with Gasteiger partial charge >= 0.3 is 0 Å². The minimum Gasteiger partial charge on any atom is -0.497 e. The van der Waals surface area contributed by atoms with Crippen LogP contribution in [0.2, 0.25) is 0 Å². The number of ether oxygens (including phenoxy) is 2. The maximum absolute atomic E-state index is 12.9. The van der Waals surface area contributed by atoms with Crippen molar-refractivity contribution in [3.05, 3.63) is 71.5 Å². The van der Waals surface area contributed by atoms with E-state index in [0.29, 0.717) is 36.8 Å². The van der Waals surface area contributed by atoms with Crippen molar-refractivity contribution in [2.75, 3.05) is 25.6 Å². The van der Waals surface area contributed by atoms with Crippen LogP contribution in [0.15, 0.2) is 54.6 Å². The average molecular weight is 392 g/mol. The molecule has 0 aliphatic carbocycles. The Balaban J connectivity index is 1.50. The number of hydrogen-bond donors (Lipinski definition) is 2. The molecular weight excluding hydrogens is 368 g/mol. The third-order valence-electron chi connectivity index (χ3n) is 4.86. The number of benzene rings is 2. The summed E-state index contributed by atoms with van der Waals surface area (Å²) in [6.45, 7) is 2.58. The number of methoxy groups -OCH3 is 1. The summed E-state index contributed by atoms with van der Waals surface area (Å²) in [5.41, 5.74) is 3.18. The van der Waals surface area contributed by atoms with Crippen molar-refractivity contribution in [3.8, 4) is 11.5 Å². The molecule has 0 saturated heterocycles. The Hall–Kier alpha value is -3.32. The Morgan fingerprint density at radius 3 is 2.83 bits per heavy atom. The fourth-order valence-electron chi connectivity index (χ4n) is 3.44. The van der Waals surface area contributed by atoms with Gasteiger partial charge in [-0.25, -0.2) is 0 Å². The summed E-state index contributed by atoms with van der Waals surface area (Å²) in [6, 6.07) is 17.0. The summed E-state index contributed by atoms with van der Waals surface area (Å²) in [5, 5.41) is 10.9. The first-order chi connectivity index (χ1) is 14.2. The van der Waals surface area contributed by atoms with E-state index in [1.165, 1.54) is 0 Å². The van der Waals surface area contributed by atoms with Gasteiger partial charge in [0.05, 0.1) is 13.7 Å². The van der Waals surface area contributed by atoms with Crippen LogP contribution in [-0.4, -0.2) is 35.9 Å². The lowest BCUT2D eigenvalue weighted by atomic mass is 10.1. The summed E-state index contributed by atoms with van der Waals surface area (Å²) in [4.78, 5) is 12.9. The van der Waals surface area contributed by atoms with Crippen LogP contribution in [0, 0.1) is 0 Å². The van der Waals surface area contributed by atoms with E-state index in [1.54, 1.807) is 13.2 Å². The van der Waals surface area contributed by atoms with Crippen molar-refractivity contribution in [2.45, 2.75) is 19.5 Å². The molecule has 2 heterocycles. The number of nitrogens with one attached hydrogen (secondary N) is 2. The number of carbonyl (C=O) groups is 1. The van der Waals surface area contributed by atoms with Gasteiger partial charge in [-0.2, -0.15) is 5.10 Å². The second-order valence-electron chi connectivity index (χ2n) is 6.77. The molecule has 4 rings (SSSR count). The predicted octanol–water partition coefficient (Wildman–Crippen LogP) is 2.87. The van der Waals surface area contributed by atoms with Crippen LogP contribution in [0.1, 0.15) is 21.7 Å². The highest BCUT2D eigenvalue weighted by molar-refractivity contribution is 6.04. The molecule has 2 N–H and O–H groups in total. The minimum atomic E-state index is -0.221. The SMILES string of the molecule is COc1cccc(NC(=O)c2nn(CCOc3ccccc3)c3c2CNCC3)c1. The standard InChI is InChI=1S/C22H24N4O3/c1-28-18-9-5-6-16(14-18)24-22(27)21-19-15-23-11-10-20(19)26(25-21)12-13-29-17-7-3-2-4-8-17/h2-9,14,23H,10-13,15H2,1H3,(H,24,27). The van der Waals surface area contributed by atoms with Crippen LogP contribution in [0.25, 0.3) is 0 Å². The van der Waals surface area contributed by atoms with Gasteiger partial charge in [0.15, 0.2) is 5.69 Å². The van der Waals surface area contributed by atoms with Crippen molar-refractivity contribution in [2.24, 2.45) is 0 Å². The van der Waals surface area contributed by atoms with Gasteiger partial charge in [0, 0.05) is 42.5 Å². The van der Waals surface area contributed by atoms with Gasteiger partial charge in [-0.3, -0.25) is 9.48 Å². The monoisotopic (exact) mass is 392 g/mol. The van der Waals surface area contributed by atoms with E-state index in [9.17, 15) is 4.79 Å². The van der Waals surface area contributed by atoms with Crippen LogP contribution in [-0.2, 0) is 19.5 Å². The smallest absolute Gasteiger partial charge is 0.276 e. The molecule has 7 heteroatoms. The lowest BCUT2D eigenvalue weighted by molar-refractivity contribution is 0.102. The summed E-state index contributed by atoms with van der Waals surface area (Å²) in [7, 11) is 1.60. The maximum Gasteiger partial charge on any atom is 0.276 e. The molecule has 2 aromatic carbocycles. The fraction of sp³-hybridized carbons (Fsp3) is 0.273. The zero-order valence-corrected chi connectivity index (χ0v) is 16.4. The molecule has 0 unspecified atom stereocenters. The van der Waals surface area contributed by atoms with Gasteiger partial charge < -0.3 is 20.1 Å². The summed E-state index contributed by atoms with van der Waals surface area (Å²) >= 11 is 0. The lowest BCUT2D eigenvalue weighted by Crippen LogP contribution is -2.26. The number of rotatable bonds is 7. The first kappa shape index (κ1) is 19.0. The summed E-state index contributed by atoms with van der Waals surface area (Å²) < 4.78 is 12.9. The Morgan fingerprint density at radius 1 is 1.17 bits per heavy atom. The van der Waals surface area contributed by atoms with E-state index in [1.807, 2.05) is 53.2 Å². The highest BCUT2D eigenvalue weighted by atomic mass is 16.5. The molecule has 1 aliphatic heterocycles. The van der Waals surface area contributed by atoms with Crippen LogP contribution in [0.3, 0.4) is 0 Å². The maximum atomic E-state index is 12.9. The largest absolute Gasteiger partial charge is 0.497 e. The number of hydrogen-bond acceptors (Lipinski definition) is 5. The van der Waals surface area contributed by atoms with Gasteiger partial charge in [0.1, 0.15) is 18.1 Å². The van der Waals surface area contributed by atoms with Crippen molar-refractivity contribution in [3.63, 3.8) is 0 Å². The third kappa shape index (κ3) is 4.41. The van der Waals surface area contributed by atoms with Crippen LogP contribution in [0.4, 0.5) is 5.69 Å². The normalized spacial score (nSPS) is 12.9. The van der Waals surface area contributed by atoms with Gasteiger partial charge in [-0.1, -0.05) is 24.3 Å². The number of carbonyl (C=O) groups excluding carboxylic acids is 1. The molecule has 3 aromatic rings. The Labute approximate surface area is 169 Å². The molecule has 150 valence electrons. The van der Waals surface area contributed by atoms with E-state index in [-0.39, 0.29) is 5.91 Å². The number of anilines is 1. The summed E-state index contributed by atoms with van der Waals surface area (Å²) in [5.74, 6) is 1.29. The quantitative estimate of drug-likeness (QED) is 0.647. The van der Waals surface area contributed by atoms with Crippen molar-refractivity contribution in [1.29, 1.82) is 0 Å². The second-order valence-corrected chi connectivity index (χ2v) is 6.77. The molecule has 1 aliphatic rings. The first-order valence-corrected chi connectivity index (χ1v) is 9.67. The van der Waals surface area contributed by atoms with E-state index >= 15 is 0 Å². The molecule has 1 aromatic heterocycles. The summed E-state index contributed by atoms with van der Waals surface area (Å²) in [6.07, 6.45) is 0.833. The molecule has 0 radical (unpaired) electrons. The number of aromatic nitrogens is 2. The lowest BCUT2D eigenvalue weighted by Gasteiger charge is -2.16. The van der Waals surface area contributed by atoms with E-state index in [2.05, 4.69) is 15.7 Å².